The number of ether oxygens (including phenoxy) is 1. The zero-order valence-corrected chi connectivity index (χ0v) is 19.6. The molecule has 1 aliphatic heterocycles. The summed E-state index contributed by atoms with van der Waals surface area (Å²) in [6.07, 6.45) is -4.55. The normalized spacial score (nSPS) is 15.0. The molecule has 1 atom stereocenters. The topological polar surface area (TPSA) is 106 Å². The molecule has 1 aromatic heterocycles. The first-order valence-electron chi connectivity index (χ1n) is 10.9. The fraction of sp³-hybridized carbons (Fsp3) is 0.292. The number of anilines is 2. The molecule has 1 aliphatic rings. The van der Waals surface area contributed by atoms with Crippen molar-refractivity contribution in [3.05, 3.63) is 85.7 Å². The third kappa shape index (κ3) is 4.35. The lowest BCUT2D eigenvalue weighted by Gasteiger charge is -2.17. The number of benzene rings is 2. The van der Waals surface area contributed by atoms with Gasteiger partial charge in [0.15, 0.2) is 0 Å². The molecule has 9 nitrogen and oxygen atoms in total. The molecule has 2 N–H and O–H groups in total. The van der Waals surface area contributed by atoms with E-state index in [9.17, 15) is 32.7 Å². The Bertz CT molecular complexity index is 1460. The fourth-order valence-corrected chi connectivity index (χ4v) is 4.07. The maximum atomic E-state index is 13.4. The lowest BCUT2D eigenvalue weighted by molar-refractivity contribution is -0.138. The first-order valence-corrected chi connectivity index (χ1v) is 10.9. The molecule has 2 heterocycles. The second-order valence-corrected chi connectivity index (χ2v) is 8.22. The minimum atomic E-state index is -4.62. The number of nitrogens with one attached hydrogen (secondary N) is 1. The van der Waals surface area contributed by atoms with Gasteiger partial charge < -0.3 is 20.1 Å². The summed E-state index contributed by atoms with van der Waals surface area (Å²) >= 11 is 0. The number of aliphatic hydroxyl groups is 1. The Morgan fingerprint density at radius 2 is 1.92 bits per heavy atom. The summed E-state index contributed by atoms with van der Waals surface area (Å²) in [5, 5.41) is 12.8. The minimum absolute atomic E-state index is 0.0306. The third-order valence-electron chi connectivity index (χ3n) is 6.04. The molecule has 0 aliphatic carbocycles. The summed E-state index contributed by atoms with van der Waals surface area (Å²) in [5.41, 5.74) is -1.82. The molecule has 0 fully saturated rings. The van der Waals surface area contributed by atoms with Gasteiger partial charge in [0.2, 0.25) is 6.35 Å². The van der Waals surface area contributed by atoms with E-state index in [1.165, 1.54) is 19.1 Å². The van der Waals surface area contributed by atoms with Crippen molar-refractivity contribution in [2.75, 3.05) is 23.9 Å². The van der Waals surface area contributed by atoms with Crippen LogP contribution in [0.1, 0.15) is 34.0 Å². The van der Waals surface area contributed by atoms with Crippen LogP contribution in [-0.2, 0) is 17.5 Å². The van der Waals surface area contributed by atoms with Crippen molar-refractivity contribution in [3.63, 3.8) is 0 Å². The Balaban J connectivity index is 1.90. The number of alkyl halides is 3. The number of halogens is 3. The van der Waals surface area contributed by atoms with Crippen LogP contribution in [0.4, 0.5) is 24.5 Å². The van der Waals surface area contributed by atoms with Crippen LogP contribution in [-0.4, -0.2) is 40.2 Å². The predicted molar refractivity (Wildman–Crippen MR) is 126 cm³/mol. The lowest BCUT2D eigenvalue weighted by atomic mass is 10.0. The van der Waals surface area contributed by atoms with Crippen LogP contribution in [0.5, 0.6) is 0 Å². The summed E-state index contributed by atoms with van der Waals surface area (Å²) in [4.78, 5) is 40.7. The van der Waals surface area contributed by atoms with Gasteiger partial charge in [0.1, 0.15) is 5.56 Å². The van der Waals surface area contributed by atoms with Crippen LogP contribution < -0.4 is 21.5 Å². The van der Waals surface area contributed by atoms with Crippen molar-refractivity contribution in [3.8, 4) is 5.69 Å². The van der Waals surface area contributed by atoms with Crippen molar-refractivity contribution >= 4 is 17.3 Å². The van der Waals surface area contributed by atoms with Gasteiger partial charge in [0.25, 0.3) is 5.56 Å². The molecular weight excluding hydrogens is 481 g/mol. The van der Waals surface area contributed by atoms with E-state index in [-0.39, 0.29) is 23.4 Å². The number of hydrogen-bond acceptors (Lipinski definition) is 7. The molecule has 0 spiro atoms. The minimum Gasteiger partial charge on any atom is -0.462 e. The Morgan fingerprint density at radius 3 is 2.58 bits per heavy atom. The van der Waals surface area contributed by atoms with Crippen LogP contribution in [0.25, 0.3) is 5.69 Å². The van der Waals surface area contributed by atoms with Crippen LogP contribution in [0.15, 0.2) is 52.2 Å². The Labute approximate surface area is 203 Å². The summed E-state index contributed by atoms with van der Waals surface area (Å²) in [5.74, 6) is -0.972. The van der Waals surface area contributed by atoms with Gasteiger partial charge in [0.05, 0.1) is 35.8 Å². The van der Waals surface area contributed by atoms with Crippen molar-refractivity contribution in [1.82, 2.24) is 9.13 Å². The molecule has 0 amide bonds. The molecule has 3 aromatic rings. The second-order valence-electron chi connectivity index (χ2n) is 8.22. The van der Waals surface area contributed by atoms with E-state index in [0.717, 1.165) is 16.8 Å². The average molecular weight is 504 g/mol. The number of aromatic nitrogens is 2. The quantitative estimate of drug-likeness (QED) is 0.515. The molecule has 1 unspecified atom stereocenters. The van der Waals surface area contributed by atoms with Gasteiger partial charge in [-0.25, -0.2) is 9.59 Å². The first-order chi connectivity index (χ1) is 16.9. The zero-order chi connectivity index (χ0) is 26.4. The number of nitrogens with zero attached hydrogens (tertiary/aromatic N) is 3. The number of aliphatic hydroxyl groups excluding tert-OH is 1. The average Bonchev–Trinajstić information content (AvgIpc) is 3.09. The number of rotatable bonds is 5. The van der Waals surface area contributed by atoms with E-state index >= 15 is 0 Å². The van der Waals surface area contributed by atoms with Crippen molar-refractivity contribution in [1.29, 1.82) is 0 Å². The number of fused-ring (bicyclic) bond motifs is 1. The van der Waals surface area contributed by atoms with Crippen LogP contribution in [0, 0.1) is 6.92 Å². The number of hydrogen-bond donors (Lipinski definition) is 2. The van der Waals surface area contributed by atoms with E-state index in [0.29, 0.717) is 15.9 Å². The van der Waals surface area contributed by atoms with Gasteiger partial charge in [-0.3, -0.25) is 13.9 Å². The largest absolute Gasteiger partial charge is 0.462 e. The molecule has 0 radical (unpaired) electrons. The maximum absolute atomic E-state index is 13.4. The fourth-order valence-electron chi connectivity index (χ4n) is 4.07. The second kappa shape index (κ2) is 9.19. The highest BCUT2D eigenvalue weighted by Gasteiger charge is 2.33. The van der Waals surface area contributed by atoms with Crippen LogP contribution >= 0.6 is 0 Å². The van der Waals surface area contributed by atoms with Crippen molar-refractivity contribution in [2.45, 2.75) is 32.9 Å². The molecule has 0 saturated heterocycles. The van der Waals surface area contributed by atoms with E-state index < -0.39 is 47.4 Å². The molecule has 2 aromatic carbocycles. The van der Waals surface area contributed by atoms with Gasteiger partial charge >= 0.3 is 17.8 Å². The molecular formula is C24H23F3N4O5. The molecule has 0 saturated carbocycles. The maximum Gasteiger partial charge on any atom is 0.416 e. The number of carbonyl (C=O) groups excluding carboxylic acids is 1. The van der Waals surface area contributed by atoms with Gasteiger partial charge in [0, 0.05) is 13.2 Å². The Kier molecular flexibility index (Phi) is 6.39. The van der Waals surface area contributed by atoms with E-state index in [1.807, 2.05) is 0 Å². The third-order valence-corrected chi connectivity index (χ3v) is 6.04. The Morgan fingerprint density at radius 1 is 1.19 bits per heavy atom. The highest BCUT2D eigenvalue weighted by Crippen LogP contribution is 2.34. The molecule has 0 bridgehead atoms. The summed E-state index contributed by atoms with van der Waals surface area (Å²) in [6.45, 7) is 2.28. The lowest BCUT2D eigenvalue weighted by Crippen LogP contribution is -2.42. The first kappa shape index (κ1) is 25.0. The zero-order valence-electron chi connectivity index (χ0n) is 19.6. The van der Waals surface area contributed by atoms with Crippen LogP contribution in [0.3, 0.4) is 0 Å². The summed E-state index contributed by atoms with van der Waals surface area (Å²) < 4.78 is 46.9. The van der Waals surface area contributed by atoms with Gasteiger partial charge in [-0.1, -0.05) is 12.1 Å². The van der Waals surface area contributed by atoms with Gasteiger partial charge in [-0.05, 0) is 49.2 Å². The molecule has 4 rings (SSSR count). The molecule has 12 heteroatoms. The SMILES string of the molecule is CCOC(=O)c1cn(-c2ccc3c(c2)NC(O)N3C)c(=O)n(Cc2cccc(C(F)(F)F)c2C)c1=O. The van der Waals surface area contributed by atoms with E-state index in [1.54, 1.807) is 37.1 Å². The molecule has 190 valence electrons. The number of carbonyl (C=O) groups is 1. The number of esters is 1. The highest BCUT2D eigenvalue weighted by atomic mass is 19.4. The van der Waals surface area contributed by atoms with Crippen LogP contribution in [0.2, 0.25) is 0 Å². The van der Waals surface area contributed by atoms with E-state index in [4.69, 9.17) is 4.74 Å². The predicted octanol–water partition coefficient (Wildman–Crippen LogP) is 2.69. The monoisotopic (exact) mass is 504 g/mol. The summed E-state index contributed by atoms with van der Waals surface area (Å²) in [6, 6.07) is 8.22. The van der Waals surface area contributed by atoms with Gasteiger partial charge in [-0.15, -0.1) is 0 Å². The highest BCUT2D eigenvalue weighted by molar-refractivity contribution is 5.88. The van der Waals surface area contributed by atoms with Gasteiger partial charge in [-0.2, -0.15) is 13.2 Å². The Hall–Kier alpha value is -4.06. The molecule has 36 heavy (non-hydrogen) atoms. The smallest absolute Gasteiger partial charge is 0.416 e. The van der Waals surface area contributed by atoms with Crippen molar-refractivity contribution < 1.29 is 27.8 Å². The standard InChI is InChI=1S/C24H23F3N4O5/c1-4-36-21(33)16-12-30(15-8-9-19-18(10-15)28-22(34)29(19)3)23(35)31(20(16)32)11-14-6-5-7-17(13(14)2)24(25,26)27/h5-10,12,22,28,34H,4,11H2,1-3H3. The van der Waals surface area contributed by atoms with E-state index in [2.05, 4.69) is 5.32 Å². The summed E-state index contributed by atoms with van der Waals surface area (Å²) in [7, 11) is 1.66. The van der Waals surface area contributed by atoms with Crippen molar-refractivity contribution in [2.24, 2.45) is 0 Å².